The molecule has 2 atom stereocenters. The highest BCUT2D eigenvalue weighted by Crippen LogP contribution is 2.68. The molecule has 0 radical (unpaired) electrons. The molecule has 0 saturated heterocycles. The van der Waals surface area contributed by atoms with Gasteiger partial charge in [-0.2, -0.15) is 0 Å². The fourth-order valence-corrected chi connectivity index (χ4v) is 3.57. The highest BCUT2D eigenvalue weighted by atomic mass is 16.2. The molecule has 2 rings (SSSR count). The van der Waals surface area contributed by atoms with Crippen LogP contribution in [0.15, 0.2) is 0 Å². The number of amides is 1. The van der Waals surface area contributed by atoms with Crippen molar-refractivity contribution >= 4 is 17.5 Å². The Morgan fingerprint density at radius 2 is 1.67 bits per heavy atom. The molecule has 0 aliphatic heterocycles. The van der Waals surface area contributed by atoms with E-state index in [4.69, 9.17) is 0 Å². The third-order valence-corrected chi connectivity index (χ3v) is 5.25. The van der Waals surface area contributed by atoms with E-state index in [0.717, 1.165) is 0 Å². The number of carbonyl (C=O) groups excluding carboxylic acids is 3. The van der Waals surface area contributed by atoms with Gasteiger partial charge in [-0.1, -0.05) is 20.8 Å². The maximum atomic E-state index is 12.4. The number of Topliss-reactive ketones (excluding diaryl/α,β-unsaturated/α-hetero) is 2. The van der Waals surface area contributed by atoms with Crippen molar-refractivity contribution in [2.24, 2.45) is 16.2 Å². The Labute approximate surface area is 107 Å². The lowest BCUT2D eigenvalue weighted by Crippen LogP contribution is -2.53. The SMILES string of the molecule is CN(C)NC(=O)C12CCC(C)(C(=O)C1=O)C2(C)C. The Balaban J connectivity index is 2.53. The second-order valence-electron chi connectivity index (χ2n) is 6.36. The number of nitrogens with one attached hydrogen (secondary N) is 1. The molecule has 100 valence electrons. The molecule has 2 aliphatic carbocycles. The molecule has 1 amide bonds. The summed E-state index contributed by atoms with van der Waals surface area (Å²) in [6, 6.07) is 0. The van der Waals surface area contributed by atoms with Crippen LogP contribution in [0, 0.1) is 16.2 Å². The highest BCUT2D eigenvalue weighted by Gasteiger charge is 2.77. The summed E-state index contributed by atoms with van der Waals surface area (Å²) in [6.07, 6.45) is 1.06. The Morgan fingerprint density at radius 3 is 2.06 bits per heavy atom. The lowest BCUT2D eigenvalue weighted by Gasteiger charge is -2.37. The first-order chi connectivity index (χ1) is 8.11. The van der Waals surface area contributed by atoms with Gasteiger partial charge in [0.25, 0.3) is 0 Å². The number of hydrazine groups is 1. The summed E-state index contributed by atoms with van der Waals surface area (Å²) in [5.41, 5.74) is 0.126. The van der Waals surface area contributed by atoms with E-state index in [2.05, 4.69) is 5.43 Å². The zero-order valence-electron chi connectivity index (χ0n) is 11.6. The Morgan fingerprint density at radius 1 is 1.11 bits per heavy atom. The van der Waals surface area contributed by atoms with Crippen molar-refractivity contribution < 1.29 is 14.4 Å². The fraction of sp³-hybridized carbons (Fsp3) is 0.769. The van der Waals surface area contributed by atoms with Crippen molar-refractivity contribution in [1.82, 2.24) is 10.4 Å². The van der Waals surface area contributed by atoms with Crippen LogP contribution in [0.25, 0.3) is 0 Å². The van der Waals surface area contributed by atoms with Crippen molar-refractivity contribution in [2.45, 2.75) is 33.6 Å². The van der Waals surface area contributed by atoms with Crippen LogP contribution in [-0.2, 0) is 14.4 Å². The van der Waals surface area contributed by atoms with Crippen LogP contribution in [0.5, 0.6) is 0 Å². The Kier molecular flexibility index (Phi) is 2.50. The van der Waals surface area contributed by atoms with Crippen LogP contribution in [-0.4, -0.2) is 36.6 Å². The maximum Gasteiger partial charge on any atom is 0.249 e. The van der Waals surface area contributed by atoms with Crippen molar-refractivity contribution in [1.29, 1.82) is 0 Å². The van der Waals surface area contributed by atoms with Crippen molar-refractivity contribution in [2.75, 3.05) is 14.1 Å². The van der Waals surface area contributed by atoms with Gasteiger partial charge in [0.05, 0.1) is 0 Å². The number of nitrogens with zero attached hydrogens (tertiary/aromatic N) is 1. The summed E-state index contributed by atoms with van der Waals surface area (Å²) in [7, 11) is 3.38. The van der Waals surface area contributed by atoms with Gasteiger partial charge < -0.3 is 0 Å². The molecular formula is C13H20N2O3. The number of carbonyl (C=O) groups is 3. The summed E-state index contributed by atoms with van der Waals surface area (Å²) in [5, 5.41) is 1.51. The summed E-state index contributed by atoms with van der Waals surface area (Å²) >= 11 is 0. The number of rotatable bonds is 2. The van der Waals surface area contributed by atoms with Crippen LogP contribution in [0.1, 0.15) is 33.6 Å². The molecule has 2 saturated carbocycles. The standard InChI is InChI=1S/C13H20N2O3/c1-11(2)12(3)6-7-13(11,9(17)8(12)16)10(18)14-15(4)5/h6-7H2,1-5H3,(H,14,18). The summed E-state index contributed by atoms with van der Waals surface area (Å²) in [6.45, 7) is 5.53. The zero-order chi connectivity index (χ0) is 13.9. The minimum Gasteiger partial charge on any atom is -0.290 e. The molecule has 2 fully saturated rings. The number of fused-ring (bicyclic) bond motifs is 2. The van der Waals surface area contributed by atoms with Gasteiger partial charge in [-0.3, -0.25) is 19.8 Å². The molecule has 0 aromatic carbocycles. The molecule has 2 unspecified atom stereocenters. The zero-order valence-corrected chi connectivity index (χ0v) is 11.6. The lowest BCUT2D eigenvalue weighted by molar-refractivity contribution is -0.151. The second-order valence-corrected chi connectivity index (χ2v) is 6.36. The van der Waals surface area contributed by atoms with Gasteiger partial charge in [0.15, 0.2) is 0 Å². The largest absolute Gasteiger partial charge is 0.290 e. The van der Waals surface area contributed by atoms with E-state index >= 15 is 0 Å². The minimum absolute atomic E-state index is 0.350. The van der Waals surface area contributed by atoms with Crippen LogP contribution in [0.3, 0.4) is 0 Å². The van der Waals surface area contributed by atoms with Crippen LogP contribution in [0.4, 0.5) is 0 Å². The quantitative estimate of drug-likeness (QED) is 0.442. The molecule has 2 aliphatic rings. The Bertz CT molecular complexity index is 455. The average molecular weight is 252 g/mol. The predicted octanol–water partition coefficient (Wildman–Crippen LogP) is 0.544. The van der Waals surface area contributed by atoms with Crippen LogP contribution >= 0.6 is 0 Å². The number of hydrogen-bond donors (Lipinski definition) is 1. The summed E-state index contributed by atoms with van der Waals surface area (Å²) in [5.74, 6) is -1.25. The third-order valence-electron chi connectivity index (χ3n) is 5.25. The van der Waals surface area contributed by atoms with Gasteiger partial charge in [0, 0.05) is 19.5 Å². The number of hydrogen-bond acceptors (Lipinski definition) is 4. The molecule has 5 nitrogen and oxygen atoms in total. The summed E-state index contributed by atoms with van der Waals surface area (Å²) < 4.78 is 0. The molecule has 5 heteroatoms. The van der Waals surface area contributed by atoms with E-state index in [9.17, 15) is 14.4 Å². The first-order valence-electron chi connectivity index (χ1n) is 6.19. The maximum absolute atomic E-state index is 12.4. The van der Waals surface area contributed by atoms with E-state index in [1.54, 1.807) is 14.1 Å². The molecular weight excluding hydrogens is 232 g/mol. The second kappa shape index (κ2) is 3.41. The van der Waals surface area contributed by atoms with E-state index in [1.165, 1.54) is 5.01 Å². The van der Waals surface area contributed by atoms with E-state index in [1.807, 2.05) is 20.8 Å². The molecule has 0 spiro atoms. The molecule has 2 bridgehead atoms. The number of ketones is 2. The van der Waals surface area contributed by atoms with E-state index in [-0.39, 0.29) is 11.7 Å². The molecule has 0 heterocycles. The first kappa shape index (κ1) is 13.2. The van der Waals surface area contributed by atoms with Gasteiger partial charge in [0.2, 0.25) is 17.5 Å². The van der Waals surface area contributed by atoms with Crippen LogP contribution in [0.2, 0.25) is 0 Å². The van der Waals surface area contributed by atoms with E-state index in [0.29, 0.717) is 12.8 Å². The first-order valence-corrected chi connectivity index (χ1v) is 6.19. The predicted molar refractivity (Wildman–Crippen MR) is 65.4 cm³/mol. The normalized spacial score (nSPS) is 37.4. The van der Waals surface area contributed by atoms with Gasteiger partial charge in [0.1, 0.15) is 5.41 Å². The van der Waals surface area contributed by atoms with E-state index < -0.39 is 22.0 Å². The monoisotopic (exact) mass is 252 g/mol. The van der Waals surface area contributed by atoms with Crippen molar-refractivity contribution in [3.8, 4) is 0 Å². The lowest BCUT2D eigenvalue weighted by atomic mass is 9.64. The van der Waals surface area contributed by atoms with Gasteiger partial charge in [-0.05, 0) is 18.3 Å². The molecule has 0 aromatic heterocycles. The smallest absolute Gasteiger partial charge is 0.249 e. The van der Waals surface area contributed by atoms with Crippen molar-refractivity contribution in [3.63, 3.8) is 0 Å². The highest BCUT2D eigenvalue weighted by molar-refractivity contribution is 6.48. The molecule has 18 heavy (non-hydrogen) atoms. The third kappa shape index (κ3) is 1.13. The molecule has 1 N–H and O–H groups in total. The van der Waals surface area contributed by atoms with Gasteiger partial charge in [-0.15, -0.1) is 0 Å². The molecule has 0 aromatic rings. The topological polar surface area (TPSA) is 66.5 Å². The average Bonchev–Trinajstić information content (AvgIpc) is 2.51. The van der Waals surface area contributed by atoms with Crippen molar-refractivity contribution in [3.05, 3.63) is 0 Å². The minimum atomic E-state index is -1.19. The Hall–Kier alpha value is -1.23. The summed E-state index contributed by atoms with van der Waals surface area (Å²) in [4.78, 5) is 36.9. The fourth-order valence-electron chi connectivity index (χ4n) is 3.57. The van der Waals surface area contributed by atoms with Gasteiger partial charge in [-0.25, -0.2) is 5.01 Å². The van der Waals surface area contributed by atoms with Gasteiger partial charge >= 0.3 is 0 Å². The van der Waals surface area contributed by atoms with Crippen LogP contribution < -0.4 is 5.43 Å².